The van der Waals surface area contributed by atoms with Crippen LogP contribution >= 0.6 is 0 Å². The van der Waals surface area contributed by atoms with Crippen LogP contribution in [0.25, 0.3) is 0 Å². The second kappa shape index (κ2) is 3.73. The molecule has 17 heavy (non-hydrogen) atoms. The minimum absolute atomic E-state index is 0.542. The molecule has 0 amide bonds. The van der Waals surface area contributed by atoms with E-state index in [-0.39, 0.29) is 0 Å². The molecule has 2 atom stereocenters. The first-order valence-electron chi connectivity index (χ1n) is 5.91. The Morgan fingerprint density at radius 3 is 2.53 bits per heavy atom. The molecule has 1 aromatic rings. The highest BCUT2D eigenvalue weighted by molar-refractivity contribution is 5.25. The van der Waals surface area contributed by atoms with Gasteiger partial charge in [0.05, 0.1) is 5.56 Å². The van der Waals surface area contributed by atoms with Gasteiger partial charge in [-0.2, -0.15) is 13.2 Å². The van der Waals surface area contributed by atoms with Crippen LogP contribution in [0.4, 0.5) is 13.2 Å². The fourth-order valence-corrected chi connectivity index (χ4v) is 2.73. The molecule has 0 spiro atoms. The average Bonchev–Trinajstić information content (AvgIpc) is 2.86. The molecule has 3 rings (SSSR count). The Morgan fingerprint density at radius 2 is 1.88 bits per heavy atom. The molecule has 1 aromatic carbocycles. The summed E-state index contributed by atoms with van der Waals surface area (Å²) in [6, 6.07) is 5.67. The zero-order chi connectivity index (χ0) is 12.0. The number of rotatable bonds is 2. The van der Waals surface area contributed by atoms with Gasteiger partial charge in [-0.15, -0.1) is 0 Å². The Labute approximate surface area is 98.2 Å². The summed E-state index contributed by atoms with van der Waals surface area (Å²) in [4.78, 5) is 2.26. The number of piperidine rings is 1. The van der Waals surface area contributed by atoms with E-state index in [1.165, 1.54) is 18.6 Å². The highest BCUT2D eigenvalue weighted by atomic mass is 19.4. The van der Waals surface area contributed by atoms with Crippen LogP contribution in [0.1, 0.15) is 17.5 Å². The zero-order valence-corrected chi connectivity index (χ0v) is 9.37. The Bertz CT molecular complexity index is 417. The van der Waals surface area contributed by atoms with E-state index in [2.05, 4.69) is 4.90 Å². The molecule has 0 aromatic heterocycles. The number of hydrogen-bond acceptors (Lipinski definition) is 1. The van der Waals surface area contributed by atoms with E-state index in [9.17, 15) is 13.2 Å². The molecular weight excluding hydrogens is 227 g/mol. The van der Waals surface area contributed by atoms with Crippen molar-refractivity contribution in [3.8, 4) is 0 Å². The average molecular weight is 241 g/mol. The molecule has 2 unspecified atom stereocenters. The lowest BCUT2D eigenvalue weighted by molar-refractivity contribution is -0.137. The Kier molecular flexibility index (Phi) is 2.43. The lowest BCUT2D eigenvalue weighted by Crippen LogP contribution is -2.22. The van der Waals surface area contributed by atoms with Crippen molar-refractivity contribution in [2.45, 2.75) is 19.1 Å². The standard InChI is InChI=1S/C13H14F3N/c14-13(15,16)12-3-1-2-9(4-12)6-17-7-10-5-11(10)8-17/h1-4,10-11H,5-8H2. The van der Waals surface area contributed by atoms with Crippen molar-refractivity contribution in [3.63, 3.8) is 0 Å². The number of halogens is 3. The van der Waals surface area contributed by atoms with Gasteiger partial charge in [0.25, 0.3) is 0 Å². The van der Waals surface area contributed by atoms with Gasteiger partial charge in [0, 0.05) is 19.6 Å². The molecule has 1 aliphatic carbocycles. The highest BCUT2D eigenvalue weighted by Crippen LogP contribution is 2.45. The smallest absolute Gasteiger partial charge is 0.299 e. The van der Waals surface area contributed by atoms with Crippen molar-refractivity contribution in [1.82, 2.24) is 4.90 Å². The van der Waals surface area contributed by atoms with E-state index in [0.29, 0.717) is 6.54 Å². The maximum atomic E-state index is 12.5. The second-order valence-corrected chi connectivity index (χ2v) is 5.15. The monoisotopic (exact) mass is 241 g/mol. The fourth-order valence-electron chi connectivity index (χ4n) is 2.73. The van der Waals surface area contributed by atoms with Crippen molar-refractivity contribution in [1.29, 1.82) is 0 Å². The fraction of sp³-hybridized carbons (Fsp3) is 0.538. The van der Waals surface area contributed by atoms with Crippen LogP contribution in [0, 0.1) is 11.8 Å². The van der Waals surface area contributed by atoms with Crippen molar-refractivity contribution in [2.24, 2.45) is 11.8 Å². The molecule has 1 saturated carbocycles. The lowest BCUT2D eigenvalue weighted by atomic mass is 10.1. The maximum Gasteiger partial charge on any atom is 0.416 e. The van der Waals surface area contributed by atoms with E-state index >= 15 is 0 Å². The first-order valence-corrected chi connectivity index (χ1v) is 5.91. The molecule has 1 nitrogen and oxygen atoms in total. The summed E-state index contributed by atoms with van der Waals surface area (Å²) in [5.41, 5.74) is 0.223. The lowest BCUT2D eigenvalue weighted by Gasteiger charge is -2.18. The summed E-state index contributed by atoms with van der Waals surface area (Å²) >= 11 is 0. The molecule has 2 aliphatic rings. The van der Waals surface area contributed by atoms with Crippen LogP contribution in [-0.2, 0) is 12.7 Å². The zero-order valence-electron chi connectivity index (χ0n) is 9.37. The van der Waals surface area contributed by atoms with Gasteiger partial charge in [-0.25, -0.2) is 0 Å². The van der Waals surface area contributed by atoms with Crippen LogP contribution < -0.4 is 0 Å². The molecular formula is C13H14F3N. The largest absolute Gasteiger partial charge is 0.416 e. The molecule has 1 heterocycles. The predicted octanol–water partition coefficient (Wildman–Crippen LogP) is 3.16. The third-order valence-corrected chi connectivity index (χ3v) is 3.71. The van der Waals surface area contributed by atoms with Crippen molar-refractivity contribution < 1.29 is 13.2 Å². The van der Waals surface area contributed by atoms with Gasteiger partial charge in [0.2, 0.25) is 0 Å². The van der Waals surface area contributed by atoms with Crippen molar-refractivity contribution in [3.05, 3.63) is 35.4 Å². The summed E-state index contributed by atoms with van der Waals surface area (Å²) in [7, 11) is 0. The summed E-state index contributed by atoms with van der Waals surface area (Å²) in [5.74, 6) is 1.64. The van der Waals surface area contributed by atoms with Crippen molar-refractivity contribution >= 4 is 0 Å². The van der Waals surface area contributed by atoms with Gasteiger partial charge < -0.3 is 0 Å². The van der Waals surface area contributed by atoms with Gasteiger partial charge in [-0.1, -0.05) is 18.2 Å². The van der Waals surface area contributed by atoms with E-state index in [1.807, 2.05) is 0 Å². The third-order valence-electron chi connectivity index (χ3n) is 3.71. The summed E-state index contributed by atoms with van der Waals surface area (Å²) in [6.07, 6.45) is -2.91. The summed E-state index contributed by atoms with van der Waals surface area (Å²) in [5, 5.41) is 0. The summed E-state index contributed by atoms with van der Waals surface area (Å²) in [6.45, 7) is 2.76. The summed E-state index contributed by atoms with van der Waals surface area (Å²) < 4.78 is 37.6. The normalized spacial score (nSPS) is 28.2. The van der Waals surface area contributed by atoms with E-state index in [4.69, 9.17) is 0 Å². The first-order chi connectivity index (χ1) is 8.02. The number of benzene rings is 1. The minimum atomic E-state index is -4.23. The Morgan fingerprint density at radius 1 is 1.18 bits per heavy atom. The van der Waals surface area contributed by atoms with Gasteiger partial charge in [0.15, 0.2) is 0 Å². The molecule has 0 radical (unpaired) electrons. The molecule has 2 fully saturated rings. The molecule has 92 valence electrons. The molecule has 1 saturated heterocycles. The number of nitrogens with zero attached hydrogens (tertiary/aromatic N) is 1. The van der Waals surface area contributed by atoms with Crippen LogP contribution in [-0.4, -0.2) is 18.0 Å². The van der Waals surface area contributed by atoms with E-state index in [1.54, 1.807) is 6.07 Å². The van der Waals surface area contributed by atoms with E-state index < -0.39 is 11.7 Å². The number of fused-ring (bicyclic) bond motifs is 1. The van der Waals surface area contributed by atoms with E-state index in [0.717, 1.165) is 36.6 Å². The molecule has 0 N–H and O–H groups in total. The van der Waals surface area contributed by atoms with Crippen LogP contribution in [0.3, 0.4) is 0 Å². The predicted molar refractivity (Wildman–Crippen MR) is 58.3 cm³/mol. The minimum Gasteiger partial charge on any atom is -0.299 e. The number of alkyl halides is 3. The van der Waals surface area contributed by atoms with Crippen LogP contribution in [0.5, 0.6) is 0 Å². The second-order valence-electron chi connectivity index (χ2n) is 5.15. The SMILES string of the molecule is FC(F)(F)c1cccc(CN2CC3CC3C2)c1. The van der Waals surface area contributed by atoms with Gasteiger partial charge in [-0.05, 0) is 29.9 Å². The Balaban J connectivity index is 1.70. The van der Waals surface area contributed by atoms with Gasteiger partial charge >= 0.3 is 6.18 Å². The molecule has 0 bridgehead atoms. The van der Waals surface area contributed by atoms with Crippen LogP contribution in [0.15, 0.2) is 24.3 Å². The van der Waals surface area contributed by atoms with Crippen molar-refractivity contribution in [2.75, 3.05) is 13.1 Å². The maximum absolute atomic E-state index is 12.5. The van der Waals surface area contributed by atoms with Crippen LogP contribution in [0.2, 0.25) is 0 Å². The highest BCUT2D eigenvalue weighted by Gasteiger charge is 2.44. The first kappa shape index (κ1) is 11.1. The van der Waals surface area contributed by atoms with Gasteiger partial charge in [-0.3, -0.25) is 4.90 Å². The quantitative estimate of drug-likeness (QED) is 0.768. The third kappa shape index (κ3) is 2.32. The number of likely N-dealkylation sites (tertiary alicyclic amines) is 1. The topological polar surface area (TPSA) is 3.24 Å². The molecule has 4 heteroatoms. The van der Waals surface area contributed by atoms with Gasteiger partial charge in [0.1, 0.15) is 0 Å². The number of hydrogen-bond donors (Lipinski definition) is 0. The Hall–Kier alpha value is -1.03. The molecule has 1 aliphatic heterocycles.